The van der Waals surface area contributed by atoms with Crippen LogP contribution in [0.25, 0.3) is 22.3 Å². The molecule has 0 radical (unpaired) electrons. The third-order valence-corrected chi connectivity index (χ3v) is 6.53. The summed E-state index contributed by atoms with van der Waals surface area (Å²) in [6.45, 7) is 5.78. The molecule has 3 aromatic rings. The Bertz CT molecular complexity index is 1410. The quantitative estimate of drug-likeness (QED) is 0.471. The molecule has 0 aliphatic carbocycles. The second-order valence-corrected chi connectivity index (χ2v) is 8.18. The van der Waals surface area contributed by atoms with Gasteiger partial charge in [0.05, 0.1) is 41.8 Å². The maximum atomic E-state index is 13.4. The smallest absolute Gasteiger partial charge is 0.356 e. The lowest BCUT2D eigenvalue weighted by Crippen LogP contribution is -2.44. The second-order valence-electron chi connectivity index (χ2n) is 8.18. The third kappa shape index (κ3) is 2.92. The van der Waals surface area contributed by atoms with E-state index in [9.17, 15) is 19.5 Å². The molecule has 1 atom stereocenters. The van der Waals surface area contributed by atoms with Gasteiger partial charge >= 0.3 is 11.9 Å². The normalized spacial score (nSPS) is 18.5. The van der Waals surface area contributed by atoms with Crippen LogP contribution in [-0.2, 0) is 39.4 Å². The Morgan fingerprint density at radius 3 is 2.73 bits per heavy atom. The summed E-state index contributed by atoms with van der Waals surface area (Å²) in [6.07, 6.45) is 2.26. The predicted octanol–water partition coefficient (Wildman–Crippen LogP) is 2.21. The van der Waals surface area contributed by atoms with E-state index in [2.05, 4.69) is 4.98 Å². The highest BCUT2D eigenvalue weighted by molar-refractivity contribution is 5.95. The van der Waals surface area contributed by atoms with E-state index in [1.807, 2.05) is 6.92 Å². The number of fused-ring (bicyclic) bond motifs is 5. The summed E-state index contributed by atoms with van der Waals surface area (Å²) in [5.41, 5.74) is 2.16. The molecule has 0 unspecified atom stereocenters. The Morgan fingerprint density at radius 2 is 2.03 bits per heavy atom. The average molecular weight is 449 g/mol. The Kier molecular flexibility index (Phi) is 4.82. The molecular formula is C24H23N3O6. The molecule has 1 N–H and O–H groups in total. The summed E-state index contributed by atoms with van der Waals surface area (Å²) < 4.78 is 11.8. The number of hydrogen-bond donors (Lipinski definition) is 1. The molecule has 0 saturated carbocycles. The Balaban J connectivity index is 1.75. The van der Waals surface area contributed by atoms with Gasteiger partial charge in [0, 0.05) is 16.5 Å². The molecule has 9 nitrogen and oxygen atoms in total. The van der Waals surface area contributed by atoms with E-state index in [1.54, 1.807) is 30.5 Å². The van der Waals surface area contributed by atoms with E-state index < -0.39 is 17.5 Å². The zero-order valence-corrected chi connectivity index (χ0v) is 18.6. The van der Waals surface area contributed by atoms with Crippen LogP contribution < -0.4 is 5.56 Å². The van der Waals surface area contributed by atoms with Gasteiger partial charge in [0.25, 0.3) is 5.56 Å². The van der Waals surface area contributed by atoms with Crippen LogP contribution in [0.5, 0.6) is 0 Å². The first-order valence-electron chi connectivity index (χ1n) is 11.0. The first-order valence-corrected chi connectivity index (χ1v) is 11.0. The van der Waals surface area contributed by atoms with Crippen molar-refractivity contribution in [2.45, 2.75) is 52.4 Å². The minimum atomic E-state index is -1.87. The molecule has 170 valence electrons. The Labute approximate surface area is 189 Å². The average Bonchev–Trinajstić information content (AvgIpc) is 3.18. The van der Waals surface area contributed by atoms with Gasteiger partial charge in [-0.15, -0.1) is 0 Å². The molecule has 0 saturated heterocycles. The van der Waals surface area contributed by atoms with Gasteiger partial charge in [0.15, 0.2) is 5.60 Å². The van der Waals surface area contributed by atoms with Gasteiger partial charge in [-0.1, -0.05) is 13.8 Å². The van der Waals surface area contributed by atoms with Gasteiger partial charge in [0.2, 0.25) is 0 Å². The second kappa shape index (κ2) is 7.48. The van der Waals surface area contributed by atoms with E-state index in [0.717, 1.165) is 16.5 Å². The molecule has 2 aliphatic rings. The van der Waals surface area contributed by atoms with E-state index >= 15 is 0 Å². The van der Waals surface area contributed by atoms with Crippen molar-refractivity contribution in [2.75, 3.05) is 6.61 Å². The lowest BCUT2D eigenvalue weighted by molar-refractivity contribution is -0.172. The fourth-order valence-electron chi connectivity index (χ4n) is 4.79. The number of cyclic esters (lactones) is 1. The van der Waals surface area contributed by atoms with Gasteiger partial charge in [-0.2, -0.15) is 0 Å². The van der Waals surface area contributed by atoms with E-state index in [-0.39, 0.29) is 42.0 Å². The van der Waals surface area contributed by atoms with Crippen molar-refractivity contribution in [3.8, 4) is 11.4 Å². The first kappa shape index (κ1) is 21.3. The standard InChI is InChI=1S/C24H23N3O6/c1-4-12-13-7-17(22(29)32-6-3)25-9-18(13)26-20-14(12)10-27-19(20)8-16-15(21(27)28)11-33-23(30)24(16,31)5-2/h7-9,31H,4-6,10-11H2,1-3H3/t24-/m0/s1. The summed E-state index contributed by atoms with van der Waals surface area (Å²) in [5.74, 6) is -1.26. The SMILES string of the molecule is CCOC(=O)c1cc2c(CC)c3c(nc2cn1)-c1cc2c(c(=O)n1C3)COC(=O)[C@]2(O)CC. The number of pyridine rings is 3. The van der Waals surface area contributed by atoms with Crippen LogP contribution in [0.4, 0.5) is 0 Å². The number of nitrogens with zero attached hydrogens (tertiary/aromatic N) is 3. The number of esters is 2. The van der Waals surface area contributed by atoms with E-state index in [0.29, 0.717) is 29.9 Å². The third-order valence-electron chi connectivity index (χ3n) is 6.53. The minimum Gasteiger partial charge on any atom is -0.461 e. The molecule has 0 bridgehead atoms. The summed E-state index contributed by atoms with van der Waals surface area (Å²) >= 11 is 0. The summed E-state index contributed by atoms with van der Waals surface area (Å²) in [4.78, 5) is 46.9. The van der Waals surface area contributed by atoms with Crippen LogP contribution in [0, 0.1) is 0 Å². The van der Waals surface area contributed by atoms with E-state index in [1.165, 1.54) is 6.20 Å². The van der Waals surface area contributed by atoms with Crippen molar-refractivity contribution in [1.29, 1.82) is 0 Å². The fourth-order valence-corrected chi connectivity index (χ4v) is 4.79. The van der Waals surface area contributed by atoms with Gasteiger partial charge in [-0.3, -0.25) is 4.79 Å². The summed E-state index contributed by atoms with van der Waals surface area (Å²) in [5, 5.41) is 11.8. The topological polar surface area (TPSA) is 121 Å². The molecule has 9 heteroatoms. The zero-order chi connectivity index (χ0) is 23.5. The van der Waals surface area contributed by atoms with Gasteiger partial charge in [-0.05, 0) is 37.5 Å². The zero-order valence-electron chi connectivity index (χ0n) is 18.6. The first-order chi connectivity index (χ1) is 15.8. The number of ether oxygens (including phenoxy) is 2. The molecule has 5 heterocycles. The van der Waals surface area contributed by atoms with E-state index in [4.69, 9.17) is 14.5 Å². The highest BCUT2D eigenvalue weighted by atomic mass is 16.6. The molecule has 0 fully saturated rings. The number of carbonyl (C=O) groups excluding carboxylic acids is 2. The lowest BCUT2D eigenvalue weighted by atomic mass is 9.86. The fraction of sp³-hybridized carbons (Fsp3) is 0.375. The van der Waals surface area contributed by atoms with Crippen LogP contribution >= 0.6 is 0 Å². The molecule has 3 aromatic heterocycles. The molecule has 0 amide bonds. The molecular weight excluding hydrogens is 426 g/mol. The van der Waals surface area contributed by atoms with Crippen molar-refractivity contribution in [2.24, 2.45) is 0 Å². The van der Waals surface area contributed by atoms with Gasteiger partial charge in [-0.25, -0.2) is 19.6 Å². The van der Waals surface area contributed by atoms with Crippen molar-refractivity contribution >= 4 is 22.8 Å². The van der Waals surface area contributed by atoms with Crippen molar-refractivity contribution in [3.05, 3.63) is 56.6 Å². The number of aliphatic hydroxyl groups is 1. The maximum absolute atomic E-state index is 13.4. The van der Waals surface area contributed by atoms with Crippen molar-refractivity contribution in [3.63, 3.8) is 0 Å². The molecule has 2 aliphatic heterocycles. The van der Waals surface area contributed by atoms with Crippen molar-refractivity contribution in [1.82, 2.24) is 14.5 Å². The van der Waals surface area contributed by atoms with Crippen LogP contribution in [0.3, 0.4) is 0 Å². The van der Waals surface area contributed by atoms with Crippen LogP contribution in [0.2, 0.25) is 0 Å². The minimum absolute atomic E-state index is 0.0838. The largest absolute Gasteiger partial charge is 0.461 e. The number of hydrogen-bond acceptors (Lipinski definition) is 8. The predicted molar refractivity (Wildman–Crippen MR) is 118 cm³/mol. The highest BCUT2D eigenvalue weighted by Crippen LogP contribution is 2.40. The highest BCUT2D eigenvalue weighted by Gasteiger charge is 2.45. The Hall–Kier alpha value is -3.59. The van der Waals surface area contributed by atoms with Gasteiger partial charge < -0.3 is 19.1 Å². The van der Waals surface area contributed by atoms with Crippen molar-refractivity contribution < 1.29 is 24.2 Å². The molecule has 33 heavy (non-hydrogen) atoms. The lowest BCUT2D eigenvalue weighted by Gasteiger charge is -2.31. The molecule has 0 spiro atoms. The molecule has 0 aromatic carbocycles. The van der Waals surface area contributed by atoms with Crippen LogP contribution in [0.15, 0.2) is 23.1 Å². The Morgan fingerprint density at radius 1 is 1.24 bits per heavy atom. The number of rotatable bonds is 4. The molecule has 5 rings (SSSR count). The van der Waals surface area contributed by atoms with Crippen LogP contribution in [0.1, 0.15) is 59.9 Å². The summed E-state index contributed by atoms with van der Waals surface area (Å²) in [7, 11) is 0. The van der Waals surface area contributed by atoms with Crippen LogP contribution in [-0.4, -0.2) is 38.2 Å². The number of aromatic nitrogens is 3. The van der Waals surface area contributed by atoms with Gasteiger partial charge in [0.1, 0.15) is 12.3 Å². The number of carbonyl (C=O) groups is 2. The maximum Gasteiger partial charge on any atom is 0.356 e. The monoisotopic (exact) mass is 449 g/mol. The number of aryl methyl sites for hydroxylation is 1. The summed E-state index contributed by atoms with van der Waals surface area (Å²) in [6, 6.07) is 3.36.